The molecule has 0 aliphatic heterocycles. The van der Waals surface area contributed by atoms with Crippen LogP contribution in [0.3, 0.4) is 0 Å². The smallest absolute Gasteiger partial charge is 0.0105 e. The third-order valence-electron chi connectivity index (χ3n) is 11.0. The van der Waals surface area contributed by atoms with E-state index >= 15 is 0 Å². The minimum atomic E-state index is 1.03. The van der Waals surface area contributed by atoms with Crippen molar-refractivity contribution in [2.45, 2.75) is 12.8 Å². The Morgan fingerprint density at radius 3 is 1.05 bits per heavy atom. The molecule has 8 aromatic rings. The third kappa shape index (κ3) is 8.73. The molecule has 0 saturated heterocycles. The number of allylic oxidation sites excluding steroid dienone is 6. The molecule has 9 rings (SSSR count). The number of fused-ring (bicyclic) bond motifs is 2. The van der Waals surface area contributed by atoms with E-state index in [2.05, 4.69) is 243 Å². The molecule has 1 aliphatic rings. The topological polar surface area (TPSA) is 0 Å². The van der Waals surface area contributed by atoms with Crippen LogP contribution in [0.4, 0.5) is 0 Å². The average Bonchev–Trinajstić information content (AvgIpc) is 3.30. The van der Waals surface area contributed by atoms with Crippen molar-refractivity contribution in [3.63, 3.8) is 0 Å². The highest BCUT2D eigenvalue weighted by Crippen LogP contribution is 2.31. The Morgan fingerprint density at radius 1 is 0.293 bits per heavy atom. The number of benzene rings is 8. The van der Waals surface area contributed by atoms with Gasteiger partial charge in [-0.15, -0.1) is 0 Å². The van der Waals surface area contributed by atoms with E-state index in [1.54, 1.807) is 0 Å². The van der Waals surface area contributed by atoms with E-state index in [1.165, 1.54) is 88.3 Å². The van der Waals surface area contributed by atoms with Crippen molar-refractivity contribution >= 4 is 57.0 Å². The maximum absolute atomic E-state index is 2.30. The molecule has 0 aromatic heterocycles. The summed E-state index contributed by atoms with van der Waals surface area (Å²) < 4.78 is 0. The zero-order valence-corrected chi connectivity index (χ0v) is 32.5. The van der Waals surface area contributed by atoms with Crippen molar-refractivity contribution in [3.8, 4) is 0 Å². The second kappa shape index (κ2) is 17.2. The summed E-state index contributed by atoms with van der Waals surface area (Å²) in [6.45, 7) is 0. The fraction of sp³-hybridized carbons (Fsp3) is 0.0345. The van der Waals surface area contributed by atoms with Crippen molar-refractivity contribution < 1.29 is 0 Å². The van der Waals surface area contributed by atoms with E-state index in [0.29, 0.717) is 0 Å². The summed E-state index contributed by atoms with van der Waals surface area (Å²) in [6.07, 6.45) is 20.2. The molecule has 8 aromatic carbocycles. The molecule has 0 amide bonds. The lowest BCUT2D eigenvalue weighted by Gasteiger charge is -2.11. The van der Waals surface area contributed by atoms with Gasteiger partial charge in [-0.05, 0) is 125 Å². The van der Waals surface area contributed by atoms with Crippen LogP contribution >= 0.6 is 0 Å². The van der Waals surface area contributed by atoms with Crippen molar-refractivity contribution in [3.05, 3.63) is 274 Å². The Morgan fingerprint density at radius 2 is 0.655 bits per heavy atom. The molecular weight excluding hydrogens is 697 g/mol. The predicted molar refractivity (Wildman–Crippen MR) is 251 cm³/mol. The second-order valence-corrected chi connectivity index (χ2v) is 15.0. The van der Waals surface area contributed by atoms with Crippen LogP contribution in [0.2, 0.25) is 0 Å². The maximum Gasteiger partial charge on any atom is -0.0105 e. The van der Waals surface area contributed by atoms with Crippen LogP contribution in [0.15, 0.2) is 230 Å². The van der Waals surface area contributed by atoms with Gasteiger partial charge in [0.05, 0.1) is 0 Å². The highest BCUT2D eigenvalue weighted by Gasteiger charge is 2.09. The molecule has 0 unspecified atom stereocenters. The number of hydrogen-bond donors (Lipinski definition) is 0. The Kier molecular flexibility index (Phi) is 10.8. The SMILES string of the molecule is C1=C(/C=C/c2ccc(/C=C(\c3ccccc3)c3ccc4ccccc4c3)cc2)CCC(/C=C/c2ccc(/C=C(\c3ccccc3)c3ccc4ccccc4c3)cc2)=C1. The summed E-state index contributed by atoms with van der Waals surface area (Å²) in [5.74, 6) is 0. The van der Waals surface area contributed by atoms with Gasteiger partial charge in [-0.2, -0.15) is 0 Å². The zero-order chi connectivity index (χ0) is 38.9. The first-order valence-electron chi connectivity index (χ1n) is 20.2. The van der Waals surface area contributed by atoms with Crippen molar-refractivity contribution in [1.82, 2.24) is 0 Å². The van der Waals surface area contributed by atoms with E-state index in [9.17, 15) is 0 Å². The first-order valence-corrected chi connectivity index (χ1v) is 20.2. The maximum atomic E-state index is 2.30. The molecule has 276 valence electrons. The third-order valence-corrected chi connectivity index (χ3v) is 11.0. The summed E-state index contributed by atoms with van der Waals surface area (Å²) in [6, 6.07) is 69.7. The van der Waals surface area contributed by atoms with Gasteiger partial charge in [0.15, 0.2) is 0 Å². The normalized spacial score (nSPS) is 13.7. The van der Waals surface area contributed by atoms with Gasteiger partial charge in [-0.25, -0.2) is 0 Å². The molecule has 0 bridgehead atoms. The minimum absolute atomic E-state index is 1.03. The lowest BCUT2D eigenvalue weighted by atomic mass is 9.93. The van der Waals surface area contributed by atoms with Crippen molar-refractivity contribution in [1.29, 1.82) is 0 Å². The van der Waals surface area contributed by atoms with Gasteiger partial charge in [0.1, 0.15) is 0 Å². The molecule has 0 heteroatoms. The lowest BCUT2D eigenvalue weighted by Crippen LogP contribution is -1.90. The van der Waals surface area contributed by atoms with E-state index < -0.39 is 0 Å². The Balaban J connectivity index is 0.865. The zero-order valence-electron chi connectivity index (χ0n) is 32.5. The van der Waals surface area contributed by atoms with Gasteiger partial charge in [-0.1, -0.05) is 218 Å². The molecule has 58 heavy (non-hydrogen) atoms. The molecule has 0 fully saturated rings. The molecule has 0 nitrogen and oxygen atoms in total. The highest BCUT2D eigenvalue weighted by molar-refractivity contribution is 5.97. The van der Waals surface area contributed by atoms with Crippen LogP contribution in [0.25, 0.3) is 57.0 Å². The molecule has 0 heterocycles. The predicted octanol–water partition coefficient (Wildman–Crippen LogP) is 15.5. The summed E-state index contributed by atoms with van der Waals surface area (Å²) in [5, 5.41) is 5.02. The van der Waals surface area contributed by atoms with Crippen LogP contribution in [0, 0.1) is 0 Å². The van der Waals surface area contributed by atoms with Gasteiger partial charge in [-0.3, -0.25) is 0 Å². The van der Waals surface area contributed by atoms with Crippen LogP contribution < -0.4 is 0 Å². The molecule has 0 saturated carbocycles. The summed E-state index contributed by atoms with van der Waals surface area (Å²) in [5.41, 5.74) is 14.8. The molecule has 1 aliphatic carbocycles. The molecule has 0 N–H and O–H groups in total. The van der Waals surface area contributed by atoms with Gasteiger partial charge in [0.25, 0.3) is 0 Å². The van der Waals surface area contributed by atoms with E-state index in [1.807, 2.05) is 0 Å². The van der Waals surface area contributed by atoms with E-state index in [-0.39, 0.29) is 0 Å². The van der Waals surface area contributed by atoms with Crippen LogP contribution in [0.5, 0.6) is 0 Å². The van der Waals surface area contributed by atoms with Crippen LogP contribution in [-0.4, -0.2) is 0 Å². The minimum Gasteiger partial charge on any atom is -0.0622 e. The monoisotopic (exact) mass is 740 g/mol. The first-order chi connectivity index (χ1) is 28.7. The summed E-state index contributed by atoms with van der Waals surface area (Å²) in [7, 11) is 0. The standard InChI is InChI=1S/C58H44/c1-3-13-51(14-4-1)57(55-37-35-49-11-7-9-17-53(49)41-55)39-47-31-27-45(28-32-47)25-23-43-19-21-44(22-20-43)24-26-46-29-33-48(34-30-46)40-58(52-15-5-2-6-16-52)56-38-36-50-12-8-10-18-54(50)42-56/h1-19,21,23-42H,20,22H2/b25-23+,26-24+,57-39+,58-40+. The van der Waals surface area contributed by atoms with Gasteiger partial charge >= 0.3 is 0 Å². The fourth-order valence-corrected chi connectivity index (χ4v) is 7.71. The van der Waals surface area contributed by atoms with E-state index in [4.69, 9.17) is 0 Å². The van der Waals surface area contributed by atoms with Crippen molar-refractivity contribution in [2.24, 2.45) is 0 Å². The van der Waals surface area contributed by atoms with Gasteiger partial charge in [0, 0.05) is 0 Å². The van der Waals surface area contributed by atoms with E-state index in [0.717, 1.165) is 12.8 Å². The molecular formula is C58H44. The van der Waals surface area contributed by atoms with Crippen LogP contribution in [-0.2, 0) is 0 Å². The number of rotatable bonds is 10. The lowest BCUT2D eigenvalue weighted by molar-refractivity contribution is 0.954. The first kappa shape index (κ1) is 36.4. The van der Waals surface area contributed by atoms with Crippen molar-refractivity contribution in [2.75, 3.05) is 0 Å². The Labute approximate surface area is 342 Å². The summed E-state index contributed by atoms with van der Waals surface area (Å²) in [4.78, 5) is 0. The van der Waals surface area contributed by atoms with Crippen LogP contribution in [0.1, 0.15) is 57.3 Å². The van der Waals surface area contributed by atoms with Gasteiger partial charge < -0.3 is 0 Å². The highest BCUT2D eigenvalue weighted by atomic mass is 14.1. The average molecular weight is 741 g/mol. The quantitative estimate of drug-likeness (QED) is 0.123. The molecule has 0 spiro atoms. The molecule has 0 atom stereocenters. The Hall–Kier alpha value is -7.28. The fourth-order valence-electron chi connectivity index (χ4n) is 7.71. The second-order valence-electron chi connectivity index (χ2n) is 15.0. The largest absolute Gasteiger partial charge is 0.0622 e. The summed E-state index contributed by atoms with van der Waals surface area (Å²) >= 11 is 0. The molecule has 0 radical (unpaired) electrons. The number of hydrogen-bond acceptors (Lipinski definition) is 0. The van der Waals surface area contributed by atoms with Gasteiger partial charge in [0.2, 0.25) is 0 Å². The Bertz CT molecular complexity index is 2670.